The Morgan fingerprint density at radius 1 is 1.00 bits per heavy atom. The zero-order valence-electron chi connectivity index (χ0n) is 16.2. The Hall–Kier alpha value is -4.39. The highest BCUT2D eigenvalue weighted by atomic mass is 19.1. The molecule has 0 radical (unpaired) electrons. The molecule has 3 aromatic carbocycles. The Kier molecular flexibility index (Phi) is 5.49. The van der Waals surface area contributed by atoms with Gasteiger partial charge in [-0.1, -0.05) is 30.3 Å². The number of nitro groups is 1. The lowest BCUT2D eigenvalue weighted by molar-refractivity contribution is -0.384. The van der Waals surface area contributed by atoms with Crippen LogP contribution in [0, 0.1) is 15.9 Å². The van der Waals surface area contributed by atoms with Crippen LogP contribution in [0.5, 0.6) is 0 Å². The number of nitrogens with zero attached hydrogens (tertiary/aromatic N) is 3. The maximum atomic E-state index is 13.4. The Morgan fingerprint density at radius 2 is 1.74 bits per heavy atom. The molecule has 0 fully saturated rings. The second-order valence-electron chi connectivity index (χ2n) is 6.73. The summed E-state index contributed by atoms with van der Waals surface area (Å²) in [6.45, 7) is 0. The largest absolute Gasteiger partial charge is 0.289 e. The summed E-state index contributed by atoms with van der Waals surface area (Å²) in [5, 5.41) is 15.6. The average molecular weight is 413 g/mol. The van der Waals surface area contributed by atoms with Gasteiger partial charge in [0, 0.05) is 35.0 Å². The van der Waals surface area contributed by atoms with Crippen molar-refractivity contribution in [1.29, 1.82) is 0 Å². The third-order valence-corrected chi connectivity index (χ3v) is 4.64. The van der Waals surface area contributed by atoms with E-state index in [4.69, 9.17) is 0 Å². The molecule has 31 heavy (non-hydrogen) atoms. The van der Waals surface area contributed by atoms with Gasteiger partial charge < -0.3 is 0 Å². The zero-order valence-corrected chi connectivity index (χ0v) is 16.2. The van der Waals surface area contributed by atoms with Gasteiger partial charge in [-0.05, 0) is 48.6 Å². The molecule has 6 nitrogen and oxygen atoms in total. The van der Waals surface area contributed by atoms with E-state index in [1.807, 2.05) is 30.3 Å². The monoisotopic (exact) mass is 413 g/mol. The van der Waals surface area contributed by atoms with Gasteiger partial charge in [0.15, 0.2) is 5.78 Å². The van der Waals surface area contributed by atoms with Gasteiger partial charge >= 0.3 is 0 Å². The van der Waals surface area contributed by atoms with Crippen molar-refractivity contribution >= 4 is 17.5 Å². The molecule has 0 saturated carbocycles. The molecular formula is C24H16FN3O3. The van der Waals surface area contributed by atoms with Crippen LogP contribution in [-0.4, -0.2) is 20.5 Å². The first-order chi connectivity index (χ1) is 15.0. The second-order valence-corrected chi connectivity index (χ2v) is 6.73. The van der Waals surface area contributed by atoms with Gasteiger partial charge in [-0.25, -0.2) is 9.07 Å². The lowest BCUT2D eigenvalue weighted by atomic mass is 10.1. The van der Waals surface area contributed by atoms with E-state index in [1.54, 1.807) is 29.1 Å². The van der Waals surface area contributed by atoms with Crippen molar-refractivity contribution in [2.45, 2.75) is 0 Å². The van der Waals surface area contributed by atoms with Gasteiger partial charge in [0.2, 0.25) is 0 Å². The Balaban J connectivity index is 1.71. The zero-order chi connectivity index (χ0) is 21.8. The van der Waals surface area contributed by atoms with E-state index in [0.717, 1.165) is 5.69 Å². The van der Waals surface area contributed by atoms with Crippen LogP contribution in [0.2, 0.25) is 0 Å². The molecule has 4 rings (SSSR count). The first kappa shape index (κ1) is 19.9. The molecule has 0 unspecified atom stereocenters. The molecule has 4 aromatic rings. The molecule has 0 bridgehead atoms. The summed E-state index contributed by atoms with van der Waals surface area (Å²) in [7, 11) is 0. The smallest absolute Gasteiger partial charge is 0.270 e. The summed E-state index contributed by atoms with van der Waals surface area (Å²) in [5.74, 6) is -0.731. The summed E-state index contributed by atoms with van der Waals surface area (Å²) in [6, 6.07) is 20.9. The number of halogens is 1. The summed E-state index contributed by atoms with van der Waals surface area (Å²) in [4.78, 5) is 23.0. The minimum atomic E-state index is -0.545. The number of allylic oxidation sites excluding steroid dienone is 1. The standard InChI is InChI=1S/C24H16FN3O3/c25-20-12-9-17(10-13-20)24-19(16-27(26-24)21-6-2-1-3-7-21)11-14-23(29)18-5-4-8-22(15-18)28(30)31/h1-16H/b14-11+. The van der Waals surface area contributed by atoms with Crippen molar-refractivity contribution in [3.8, 4) is 16.9 Å². The van der Waals surface area contributed by atoms with Crippen molar-refractivity contribution in [2.75, 3.05) is 0 Å². The van der Waals surface area contributed by atoms with Crippen LogP contribution in [0.4, 0.5) is 10.1 Å². The number of non-ortho nitro benzene ring substituents is 1. The number of hydrogen-bond acceptors (Lipinski definition) is 4. The fraction of sp³-hybridized carbons (Fsp3) is 0. The fourth-order valence-corrected chi connectivity index (χ4v) is 3.09. The molecule has 0 saturated heterocycles. The topological polar surface area (TPSA) is 78.0 Å². The van der Waals surface area contributed by atoms with Crippen LogP contribution >= 0.6 is 0 Å². The predicted molar refractivity (Wildman–Crippen MR) is 115 cm³/mol. The van der Waals surface area contributed by atoms with Crippen molar-refractivity contribution in [3.05, 3.63) is 118 Å². The maximum Gasteiger partial charge on any atom is 0.270 e. The molecule has 0 spiro atoms. The van der Waals surface area contributed by atoms with Gasteiger partial charge in [0.25, 0.3) is 5.69 Å². The molecule has 1 heterocycles. The van der Waals surface area contributed by atoms with E-state index in [0.29, 0.717) is 16.8 Å². The summed E-state index contributed by atoms with van der Waals surface area (Å²) in [5.41, 5.74) is 2.81. The van der Waals surface area contributed by atoms with Crippen LogP contribution in [0.15, 0.2) is 91.1 Å². The van der Waals surface area contributed by atoms with Crippen molar-refractivity contribution in [2.24, 2.45) is 0 Å². The van der Waals surface area contributed by atoms with Crippen molar-refractivity contribution < 1.29 is 14.1 Å². The second kappa shape index (κ2) is 8.54. The van der Waals surface area contributed by atoms with Crippen LogP contribution in [0.3, 0.4) is 0 Å². The first-order valence-electron chi connectivity index (χ1n) is 9.39. The number of para-hydroxylation sites is 1. The van der Waals surface area contributed by atoms with Gasteiger partial charge in [0.05, 0.1) is 16.3 Å². The SMILES string of the molecule is O=C(/C=C/c1cn(-c2ccccc2)nc1-c1ccc(F)cc1)c1cccc([N+](=O)[O-])c1. The summed E-state index contributed by atoms with van der Waals surface area (Å²) >= 11 is 0. The number of nitro benzene ring substituents is 1. The fourth-order valence-electron chi connectivity index (χ4n) is 3.09. The highest BCUT2D eigenvalue weighted by Gasteiger charge is 2.13. The van der Waals surface area contributed by atoms with Crippen molar-refractivity contribution in [3.63, 3.8) is 0 Å². The van der Waals surface area contributed by atoms with Crippen LogP contribution in [-0.2, 0) is 0 Å². The Morgan fingerprint density at radius 3 is 2.45 bits per heavy atom. The number of hydrogen-bond donors (Lipinski definition) is 0. The number of carbonyl (C=O) groups excluding carboxylic acids is 1. The minimum absolute atomic E-state index is 0.150. The van der Waals surface area contributed by atoms with E-state index in [-0.39, 0.29) is 22.9 Å². The van der Waals surface area contributed by atoms with Crippen LogP contribution in [0.1, 0.15) is 15.9 Å². The lowest BCUT2D eigenvalue weighted by Crippen LogP contribution is -1.96. The average Bonchev–Trinajstić information content (AvgIpc) is 3.23. The molecular weight excluding hydrogens is 397 g/mol. The van der Waals surface area contributed by atoms with Gasteiger partial charge in [0.1, 0.15) is 5.82 Å². The highest BCUT2D eigenvalue weighted by Crippen LogP contribution is 2.25. The van der Waals surface area contributed by atoms with Crippen LogP contribution < -0.4 is 0 Å². The van der Waals surface area contributed by atoms with E-state index in [2.05, 4.69) is 5.10 Å². The van der Waals surface area contributed by atoms with Crippen LogP contribution in [0.25, 0.3) is 23.0 Å². The molecule has 0 aliphatic rings. The van der Waals surface area contributed by atoms with Gasteiger partial charge in [-0.15, -0.1) is 0 Å². The molecule has 0 atom stereocenters. The minimum Gasteiger partial charge on any atom is -0.289 e. The number of aromatic nitrogens is 2. The number of carbonyl (C=O) groups is 1. The van der Waals surface area contributed by atoms with E-state index in [1.165, 1.54) is 42.5 Å². The summed E-state index contributed by atoms with van der Waals surface area (Å²) in [6.07, 6.45) is 4.72. The molecule has 0 N–H and O–H groups in total. The molecule has 0 aliphatic carbocycles. The van der Waals surface area contributed by atoms with E-state index in [9.17, 15) is 19.3 Å². The summed E-state index contributed by atoms with van der Waals surface area (Å²) < 4.78 is 15.0. The molecule has 7 heteroatoms. The third kappa shape index (κ3) is 4.45. The quantitative estimate of drug-likeness (QED) is 0.181. The first-order valence-corrected chi connectivity index (χ1v) is 9.39. The molecule has 0 aliphatic heterocycles. The number of ketones is 1. The van der Waals surface area contributed by atoms with Gasteiger partial charge in [-0.2, -0.15) is 5.10 Å². The third-order valence-electron chi connectivity index (χ3n) is 4.64. The van der Waals surface area contributed by atoms with Crippen molar-refractivity contribution in [1.82, 2.24) is 9.78 Å². The van der Waals surface area contributed by atoms with E-state index < -0.39 is 4.92 Å². The van der Waals surface area contributed by atoms with E-state index >= 15 is 0 Å². The maximum absolute atomic E-state index is 13.4. The molecule has 1 aromatic heterocycles. The normalized spacial score (nSPS) is 11.0. The Bertz CT molecular complexity index is 1280. The molecule has 0 amide bonds. The Labute approximate surface area is 177 Å². The number of rotatable bonds is 6. The predicted octanol–water partition coefficient (Wildman–Crippen LogP) is 5.48. The molecule has 152 valence electrons. The number of benzene rings is 3. The lowest BCUT2D eigenvalue weighted by Gasteiger charge is -2.00. The highest BCUT2D eigenvalue weighted by molar-refractivity contribution is 6.07. The van der Waals surface area contributed by atoms with Gasteiger partial charge in [-0.3, -0.25) is 14.9 Å².